The van der Waals surface area contributed by atoms with Gasteiger partial charge in [-0.2, -0.15) is 0 Å². The summed E-state index contributed by atoms with van der Waals surface area (Å²) in [6.07, 6.45) is 3.42. The molecule has 0 unspecified atom stereocenters. The highest BCUT2D eigenvalue weighted by atomic mass is 127. The first-order valence-electron chi connectivity index (χ1n) is 7.14. The molecule has 4 nitrogen and oxygen atoms in total. The van der Waals surface area contributed by atoms with Gasteiger partial charge in [0.05, 0.1) is 11.7 Å². The van der Waals surface area contributed by atoms with E-state index in [9.17, 15) is 4.79 Å². The second-order valence-corrected chi connectivity index (χ2v) is 6.43. The Balaban J connectivity index is 2.05. The van der Waals surface area contributed by atoms with Crippen LogP contribution in [0.1, 0.15) is 0 Å². The van der Waals surface area contributed by atoms with Crippen LogP contribution >= 0.6 is 22.6 Å². The van der Waals surface area contributed by atoms with E-state index >= 15 is 0 Å². The van der Waals surface area contributed by atoms with Crippen LogP contribution in [0.3, 0.4) is 0 Å². The molecule has 0 aliphatic heterocycles. The van der Waals surface area contributed by atoms with Gasteiger partial charge in [0, 0.05) is 21.0 Å². The van der Waals surface area contributed by atoms with Crippen molar-refractivity contribution < 1.29 is 0 Å². The van der Waals surface area contributed by atoms with Crippen LogP contribution in [-0.2, 0) is 0 Å². The van der Waals surface area contributed by atoms with Crippen LogP contribution in [0.2, 0.25) is 0 Å². The molecule has 0 aliphatic rings. The molecule has 0 amide bonds. The lowest BCUT2D eigenvalue weighted by atomic mass is 10.1. The number of nitrogens with zero attached hydrogens (tertiary/aromatic N) is 2. The molecule has 2 aromatic heterocycles. The third-order valence-electron chi connectivity index (χ3n) is 3.78. The van der Waals surface area contributed by atoms with E-state index < -0.39 is 0 Å². The lowest BCUT2D eigenvalue weighted by Gasteiger charge is -2.04. The van der Waals surface area contributed by atoms with E-state index in [4.69, 9.17) is 0 Å². The summed E-state index contributed by atoms with van der Waals surface area (Å²) >= 11 is 2.27. The Kier molecular flexibility index (Phi) is 3.49. The lowest BCUT2D eigenvalue weighted by molar-refractivity contribution is 1.07. The molecule has 0 aliphatic carbocycles. The molecule has 2 aromatic carbocycles. The monoisotopic (exact) mass is 413 g/mol. The fraction of sp³-hybridized carbons (Fsp3) is 0. The molecule has 0 bridgehead atoms. The Morgan fingerprint density at radius 2 is 1.74 bits per heavy atom. The van der Waals surface area contributed by atoms with Crippen LogP contribution in [0.25, 0.3) is 27.8 Å². The van der Waals surface area contributed by atoms with Crippen molar-refractivity contribution in [2.24, 2.45) is 0 Å². The molecule has 0 saturated carbocycles. The SMILES string of the molecule is O=c1[nH]cnc2c1c(-c1ccccc1)cn2-c1ccc(I)cc1. The van der Waals surface area contributed by atoms with Crippen molar-refractivity contribution in [3.8, 4) is 16.8 Å². The Labute approximate surface area is 146 Å². The zero-order valence-corrected chi connectivity index (χ0v) is 14.2. The van der Waals surface area contributed by atoms with Gasteiger partial charge in [0.25, 0.3) is 5.56 Å². The van der Waals surface area contributed by atoms with Crippen LogP contribution in [-0.4, -0.2) is 14.5 Å². The molecule has 0 radical (unpaired) electrons. The Morgan fingerprint density at radius 1 is 1.00 bits per heavy atom. The Hall–Kier alpha value is -2.41. The van der Waals surface area contributed by atoms with Crippen LogP contribution < -0.4 is 5.56 Å². The first-order valence-corrected chi connectivity index (χ1v) is 8.22. The summed E-state index contributed by atoms with van der Waals surface area (Å²) in [6, 6.07) is 18.0. The number of fused-ring (bicyclic) bond motifs is 1. The van der Waals surface area contributed by atoms with Gasteiger partial charge in [-0.25, -0.2) is 4.98 Å². The second kappa shape index (κ2) is 5.66. The number of H-pyrrole nitrogens is 1. The molecule has 0 atom stereocenters. The maximum Gasteiger partial charge on any atom is 0.260 e. The zero-order valence-electron chi connectivity index (χ0n) is 12.0. The van der Waals surface area contributed by atoms with Gasteiger partial charge in [-0.15, -0.1) is 0 Å². The predicted molar refractivity (Wildman–Crippen MR) is 99.8 cm³/mol. The topological polar surface area (TPSA) is 50.7 Å². The highest BCUT2D eigenvalue weighted by Crippen LogP contribution is 2.29. The number of hydrogen-bond donors (Lipinski definition) is 1. The number of halogens is 1. The van der Waals surface area contributed by atoms with Crippen LogP contribution in [0.5, 0.6) is 0 Å². The fourth-order valence-corrected chi connectivity index (χ4v) is 3.07. The van der Waals surface area contributed by atoms with Crippen LogP contribution in [0.15, 0.2) is 71.9 Å². The fourth-order valence-electron chi connectivity index (χ4n) is 2.71. The van der Waals surface area contributed by atoms with Gasteiger partial charge in [0.1, 0.15) is 0 Å². The zero-order chi connectivity index (χ0) is 15.8. The maximum atomic E-state index is 12.4. The Morgan fingerprint density at radius 3 is 2.48 bits per heavy atom. The highest BCUT2D eigenvalue weighted by molar-refractivity contribution is 14.1. The summed E-state index contributed by atoms with van der Waals surface area (Å²) in [7, 11) is 0. The maximum absolute atomic E-state index is 12.4. The molecule has 2 heterocycles. The predicted octanol–water partition coefficient (Wildman–Crippen LogP) is 3.99. The normalized spacial score (nSPS) is 11.0. The smallest absolute Gasteiger partial charge is 0.260 e. The number of aromatic amines is 1. The summed E-state index contributed by atoms with van der Waals surface area (Å²) in [4.78, 5) is 19.4. The molecule has 0 spiro atoms. The highest BCUT2D eigenvalue weighted by Gasteiger charge is 2.15. The third kappa shape index (κ3) is 2.46. The summed E-state index contributed by atoms with van der Waals surface area (Å²) in [6.45, 7) is 0. The molecule has 23 heavy (non-hydrogen) atoms. The number of benzene rings is 2. The van der Waals surface area contributed by atoms with E-state index in [1.54, 1.807) is 0 Å². The number of hydrogen-bond acceptors (Lipinski definition) is 2. The summed E-state index contributed by atoms with van der Waals surface area (Å²) in [5.41, 5.74) is 3.40. The molecule has 4 rings (SSSR count). The molecular weight excluding hydrogens is 401 g/mol. The minimum Gasteiger partial charge on any atom is -0.312 e. The molecule has 5 heteroatoms. The van der Waals surface area contributed by atoms with E-state index in [1.807, 2.05) is 65.4 Å². The van der Waals surface area contributed by atoms with Crippen molar-refractivity contribution >= 4 is 33.6 Å². The molecule has 4 aromatic rings. The van der Waals surface area contributed by atoms with Crippen molar-refractivity contribution in [1.29, 1.82) is 0 Å². The first-order chi connectivity index (χ1) is 11.2. The van der Waals surface area contributed by atoms with Gasteiger partial charge in [-0.05, 0) is 52.4 Å². The third-order valence-corrected chi connectivity index (χ3v) is 4.50. The van der Waals surface area contributed by atoms with Crippen molar-refractivity contribution in [3.05, 3.63) is 81.0 Å². The van der Waals surface area contributed by atoms with E-state index in [1.165, 1.54) is 6.33 Å². The van der Waals surface area contributed by atoms with Crippen molar-refractivity contribution in [2.75, 3.05) is 0 Å². The molecular formula is C18H12IN3O. The van der Waals surface area contributed by atoms with E-state index in [-0.39, 0.29) is 5.56 Å². The average Bonchev–Trinajstić information content (AvgIpc) is 2.97. The molecule has 0 fully saturated rings. The van der Waals surface area contributed by atoms with Gasteiger partial charge in [-0.1, -0.05) is 30.3 Å². The summed E-state index contributed by atoms with van der Waals surface area (Å²) in [5, 5.41) is 0.609. The van der Waals surface area contributed by atoms with Crippen molar-refractivity contribution in [2.45, 2.75) is 0 Å². The van der Waals surface area contributed by atoms with Gasteiger partial charge in [0.15, 0.2) is 5.65 Å². The van der Waals surface area contributed by atoms with Crippen LogP contribution in [0.4, 0.5) is 0 Å². The van der Waals surface area contributed by atoms with Crippen LogP contribution in [0, 0.1) is 3.57 Å². The van der Waals surface area contributed by atoms with Crippen molar-refractivity contribution in [1.82, 2.24) is 14.5 Å². The number of rotatable bonds is 2. The summed E-state index contributed by atoms with van der Waals surface area (Å²) < 4.78 is 3.13. The van der Waals surface area contributed by atoms with Crippen molar-refractivity contribution in [3.63, 3.8) is 0 Å². The average molecular weight is 413 g/mol. The standard InChI is InChI=1S/C18H12IN3O/c19-13-6-8-14(9-7-13)22-10-15(12-4-2-1-3-5-12)16-17(22)20-11-21-18(16)23/h1-11H,(H,20,21,23). The number of aromatic nitrogens is 3. The minimum absolute atomic E-state index is 0.127. The largest absolute Gasteiger partial charge is 0.312 e. The molecule has 1 N–H and O–H groups in total. The molecule has 0 saturated heterocycles. The quantitative estimate of drug-likeness (QED) is 0.506. The second-order valence-electron chi connectivity index (χ2n) is 5.19. The summed E-state index contributed by atoms with van der Waals surface area (Å²) in [5.74, 6) is 0. The van der Waals surface area contributed by atoms with Gasteiger partial charge < -0.3 is 9.55 Å². The van der Waals surface area contributed by atoms with Gasteiger partial charge in [0.2, 0.25) is 0 Å². The number of nitrogens with one attached hydrogen (secondary N) is 1. The molecule has 112 valence electrons. The first kappa shape index (κ1) is 14.2. The van der Waals surface area contributed by atoms with Gasteiger partial charge >= 0.3 is 0 Å². The van der Waals surface area contributed by atoms with E-state index in [0.717, 1.165) is 20.4 Å². The Bertz CT molecular complexity index is 1030. The van der Waals surface area contributed by atoms with Gasteiger partial charge in [-0.3, -0.25) is 4.79 Å². The minimum atomic E-state index is -0.127. The van der Waals surface area contributed by atoms with E-state index in [2.05, 4.69) is 32.6 Å². The lowest BCUT2D eigenvalue weighted by Crippen LogP contribution is -2.07. The van der Waals surface area contributed by atoms with E-state index in [0.29, 0.717) is 11.0 Å².